The van der Waals surface area contributed by atoms with Crippen molar-refractivity contribution in [2.45, 2.75) is 18.9 Å². The number of carbonyl (C=O) groups excluding carboxylic acids is 1. The topological polar surface area (TPSA) is 51.7 Å². The smallest absolute Gasteiger partial charge is 0.271 e. The minimum absolute atomic E-state index is 0.00338. The van der Waals surface area contributed by atoms with Crippen molar-refractivity contribution in [2.75, 3.05) is 25.2 Å². The first-order valence-corrected chi connectivity index (χ1v) is 11.7. The van der Waals surface area contributed by atoms with Crippen LogP contribution in [-0.4, -0.2) is 37.3 Å². The molecule has 1 fully saturated rings. The molecule has 5 rings (SSSR count). The molecule has 0 radical (unpaired) electrons. The number of amides is 1. The van der Waals surface area contributed by atoms with Crippen molar-refractivity contribution in [1.82, 2.24) is 4.98 Å². The van der Waals surface area contributed by atoms with Gasteiger partial charge >= 0.3 is 0 Å². The molecule has 2 aromatic heterocycles. The maximum Gasteiger partial charge on any atom is 0.271 e. The van der Waals surface area contributed by atoms with Gasteiger partial charge in [0.25, 0.3) is 5.91 Å². The summed E-state index contributed by atoms with van der Waals surface area (Å²) in [7, 11) is 1.64. The molecule has 8 heteroatoms. The number of fused-ring (bicyclic) bond motifs is 2. The number of halogens is 1. The lowest BCUT2D eigenvalue weighted by Gasteiger charge is -2.22. The van der Waals surface area contributed by atoms with E-state index in [9.17, 15) is 4.79 Å². The summed E-state index contributed by atoms with van der Waals surface area (Å²) in [6.07, 6.45) is 1.94. The molecule has 1 saturated heterocycles. The van der Waals surface area contributed by atoms with Gasteiger partial charge in [0.05, 0.1) is 35.0 Å². The molecular weight excluding hydrogens is 440 g/mol. The molecule has 0 saturated carbocycles. The number of rotatable bonds is 5. The minimum atomic E-state index is -0.136. The zero-order valence-corrected chi connectivity index (χ0v) is 18.6. The Labute approximate surface area is 186 Å². The van der Waals surface area contributed by atoms with Crippen LogP contribution in [0.25, 0.3) is 20.3 Å². The molecule has 0 N–H and O–H groups in total. The number of ether oxygens (including phenoxy) is 2. The molecule has 2 aromatic carbocycles. The Kier molecular flexibility index (Phi) is 5.37. The fraction of sp³-hybridized carbons (Fsp3) is 0.273. The number of nitrogens with zero attached hydrogens (tertiary/aromatic N) is 2. The van der Waals surface area contributed by atoms with Crippen molar-refractivity contribution in [3.8, 4) is 5.75 Å². The van der Waals surface area contributed by atoms with Crippen LogP contribution in [0.2, 0.25) is 5.02 Å². The fourth-order valence-corrected chi connectivity index (χ4v) is 6.11. The lowest BCUT2D eigenvalue weighted by Crippen LogP contribution is -2.37. The van der Waals surface area contributed by atoms with Gasteiger partial charge in [0.2, 0.25) is 0 Å². The maximum atomic E-state index is 13.7. The number of anilines is 1. The first-order valence-electron chi connectivity index (χ1n) is 9.69. The number of thiazole rings is 1. The van der Waals surface area contributed by atoms with E-state index in [1.807, 2.05) is 42.5 Å². The Morgan fingerprint density at radius 2 is 2.13 bits per heavy atom. The van der Waals surface area contributed by atoms with Gasteiger partial charge in [-0.1, -0.05) is 41.1 Å². The van der Waals surface area contributed by atoms with Gasteiger partial charge in [-0.15, -0.1) is 11.3 Å². The number of aromatic nitrogens is 1. The molecule has 30 heavy (non-hydrogen) atoms. The van der Waals surface area contributed by atoms with Crippen LogP contribution in [-0.2, 0) is 4.74 Å². The number of hydrogen-bond donors (Lipinski definition) is 0. The quantitative estimate of drug-likeness (QED) is 0.368. The Hall–Kier alpha value is -2.19. The summed E-state index contributed by atoms with van der Waals surface area (Å²) in [6, 6.07) is 13.5. The highest BCUT2D eigenvalue weighted by atomic mass is 35.5. The summed E-state index contributed by atoms with van der Waals surface area (Å²) in [5, 5.41) is 2.05. The van der Waals surface area contributed by atoms with E-state index in [1.54, 1.807) is 12.0 Å². The van der Waals surface area contributed by atoms with E-state index in [-0.39, 0.29) is 12.0 Å². The molecule has 0 spiro atoms. The Balaban J connectivity index is 1.57. The summed E-state index contributed by atoms with van der Waals surface area (Å²) in [6.45, 7) is 1.19. The predicted octanol–water partition coefficient (Wildman–Crippen LogP) is 6.00. The van der Waals surface area contributed by atoms with Crippen LogP contribution in [0.1, 0.15) is 22.5 Å². The van der Waals surface area contributed by atoms with Gasteiger partial charge < -0.3 is 9.47 Å². The molecular formula is C22H19ClN2O3S2. The van der Waals surface area contributed by atoms with Crippen LogP contribution in [0.15, 0.2) is 42.5 Å². The average molecular weight is 459 g/mol. The third kappa shape index (κ3) is 3.56. The number of carbonyl (C=O) groups is 1. The van der Waals surface area contributed by atoms with Crippen molar-refractivity contribution in [3.05, 3.63) is 52.4 Å². The molecule has 1 aliphatic heterocycles. The molecule has 5 nitrogen and oxygen atoms in total. The second kappa shape index (κ2) is 8.15. The van der Waals surface area contributed by atoms with E-state index < -0.39 is 0 Å². The Morgan fingerprint density at radius 1 is 1.27 bits per heavy atom. The van der Waals surface area contributed by atoms with Crippen LogP contribution in [0.3, 0.4) is 0 Å². The molecule has 0 aliphatic carbocycles. The highest BCUT2D eigenvalue weighted by molar-refractivity contribution is 7.23. The van der Waals surface area contributed by atoms with Crippen LogP contribution >= 0.6 is 34.3 Å². The second-order valence-electron chi connectivity index (χ2n) is 7.12. The van der Waals surface area contributed by atoms with Crippen LogP contribution < -0.4 is 9.64 Å². The molecule has 1 atom stereocenters. The van der Waals surface area contributed by atoms with E-state index in [0.29, 0.717) is 21.6 Å². The van der Waals surface area contributed by atoms with Gasteiger partial charge in [0.15, 0.2) is 5.13 Å². The summed E-state index contributed by atoms with van der Waals surface area (Å²) >= 11 is 9.51. The molecule has 0 bridgehead atoms. The van der Waals surface area contributed by atoms with E-state index in [1.165, 1.54) is 22.7 Å². The van der Waals surface area contributed by atoms with Gasteiger partial charge in [-0.05, 0) is 37.1 Å². The summed E-state index contributed by atoms with van der Waals surface area (Å²) in [4.78, 5) is 20.7. The van der Waals surface area contributed by atoms with E-state index in [2.05, 4.69) is 0 Å². The summed E-state index contributed by atoms with van der Waals surface area (Å²) in [5.41, 5.74) is 0.836. The lowest BCUT2D eigenvalue weighted by atomic mass is 10.2. The van der Waals surface area contributed by atoms with Crippen LogP contribution in [0.4, 0.5) is 5.13 Å². The number of thiophene rings is 1. The Morgan fingerprint density at radius 3 is 2.90 bits per heavy atom. The molecule has 154 valence electrons. The van der Waals surface area contributed by atoms with Crippen molar-refractivity contribution in [1.29, 1.82) is 0 Å². The zero-order valence-electron chi connectivity index (χ0n) is 16.3. The molecule has 4 aromatic rings. The number of hydrogen-bond acceptors (Lipinski definition) is 6. The summed E-state index contributed by atoms with van der Waals surface area (Å²) < 4.78 is 13.1. The van der Waals surface area contributed by atoms with Crippen molar-refractivity contribution < 1.29 is 14.3 Å². The highest BCUT2D eigenvalue weighted by Gasteiger charge is 2.30. The predicted molar refractivity (Wildman–Crippen MR) is 124 cm³/mol. The first kappa shape index (κ1) is 19.8. The third-order valence-corrected chi connectivity index (χ3v) is 7.90. The summed E-state index contributed by atoms with van der Waals surface area (Å²) in [5.74, 6) is 0.630. The third-order valence-electron chi connectivity index (χ3n) is 5.20. The van der Waals surface area contributed by atoms with Crippen LogP contribution in [0, 0.1) is 0 Å². The van der Waals surface area contributed by atoms with Gasteiger partial charge in [-0.2, -0.15) is 0 Å². The number of methoxy groups -OCH3 is 1. The molecule has 1 amide bonds. The van der Waals surface area contributed by atoms with Crippen molar-refractivity contribution in [2.24, 2.45) is 0 Å². The monoisotopic (exact) mass is 458 g/mol. The maximum absolute atomic E-state index is 13.7. The van der Waals surface area contributed by atoms with Crippen molar-refractivity contribution in [3.63, 3.8) is 0 Å². The fourth-order valence-electron chi connectivity index (χ4n) is 3.65. The van der Waals surface area contributed by atoms with Crippen molar-refractivity contribution >= 4 is 65.6 Å². The minimum Gasteiger partial charge on any atom is -0.497 e. The largest absolute Gasteiger partial charge is 0.497 e. The SMILES string of the molecule is COc1ccc2nc(N(CC3CCCO3)C(=O)c3sc4ccccc4c3Cl)sc2c1. The van der Waals surface area contributed by atoms with Gasteiger partial charge in [-0.3, -0.25) is 9.69 Å². The average Bonchev–Trinajstić information content (AvgIpc) is 3.50. The standard InChI is InChI=1S/C22H19ClN2O3S2/c1-27-13-8-9-16-18(11-13)30-22(24-16)25(12-14-5-4-10-28-14)21(26)20-19(23)15-6-2-3-7-17(15)29-20/h2-3,6-9,11,14H,4-5,10,12H2,1H3. The molecule has 1 aliphatic rings. The van der Waals surface area contributed by atoms with E-state index in [0.717, 1.165) is 45.5 Å². The second-order valence-corrected chi connectivity index (χ2v) is 9.56. The molecule has 1 unspecified atom stereocenters. The van der Waals surface area contributed by atoms with Crippen LogP contribution in [0.5, 0.6) is 5.75 Å². The van der Waals surface area contributed by atoms with Gasteiger partial charge in [0.1, 0.15) is 10.6 Å². The van der Waals surface area contributed by atoms with E-state index >= 15 is 0 Å². The normalized spacial score (nSPS) is 16.4. The Bertz CT molecular complexity index is 1230. The van der Waals surface area contributed by atoms with E-state index in [4.69, 9.17) is 26.1 Å². The van der Waals surface area contributed by atoms with Gasteiger partial charge in [-0.25, -0.2) is 4.98 Å². The van der Waals surface area contributed by atoms with Gasteiger partial charge in [0, 0.05) is 16.7 Å². The number of benzene rings is 2. The first-order chi connectivity index (χ1) is 14.6. The lowest BCUT2D eigenvalue weighted by molar-refractivity contribution is 0.0921. The molecule has 3 heterocycles. The highest BCUT2D eigenvalue weighted by Crippen LogP contribution is 2.38. The zero-order chi connectivity index (χ0) is 20.7.